The van der Waals surface area contributed by atoms with E-state index in [9.17, 15) is 18.0 Å². The molecule has 0 radical (unpaired) electrons. The molecule has 11 heteroatoms. The van der Waals surface area contributed by atoms with Gasteiger partial charge in [0, 0.05) is 59.3 Å². The summed E-state index contributed by atoms with van der Waals surface area (Å²) in [5.74, 6) is -0.252. The number of benzene rings is 4. The molecule has 0 saturated carbocycles. The third-order valence-electron chi connectivity index (χ3n) is 8.49. The Morgan fingerprint density at radius 2 is 1.59 bits per heavy atom. The molecule has 46 heavy (non-hydrogen) atoms. The van der Waals surface area contributed by atoms with E-state index in [4.69, 9.17) is 10.5 Å². The number of nitrogens with two attached hydrogens (primary N) is 1. The molecule has 1 atom stereocenters. The predicted molar refractivity (Wildman–Crippen MR) is 181 cm³/mol. The third kappa shape index (κ3) is 7.43. The molecule has 0 aliphatic carbocycles. The minimum Gasteiger partial charge on any atom is -0.463 e. The molecule has 6 rings (SSSR count). The zero-order chi connectivity index (χ0) is 32.3. The van der Waals surface area contributed by atoms with Gasteiger partial charge in [-0.15, -0.1) is 11.8 Å². The van der Waals surface area contributed by atoms with E-state index in [-0.39, 0.29) is 11.2 Å². The Bertz CT molecular complexity index is 1690. The highest BCUT2D eigenvalue weighted by molar-refractivity contribution is 8.00. The van der Waals surface area contributed by atoms with Crippen LogP contribution in [0.5, 0.6) is 0 Å². The molecule has 4 aromatic carbocycles. The fraction of sp³-hybridized carbons (Fsp3) is 0.343. The molecule has 2 aliphatic rings. The standard InChI is InChI=1S/C35H37F3N4O2S2/c1-24(45-32-13-11-25-7-2-3-8-27(25)33(32)39)34(43)44-22-21-41-19-17-40(18-20-41)15-6-16-42-28-9-4-5-10-30(28)46-31-14-12-26(23-29(31)42)35(36,37)38/h2-5,7-14,23-24H,6,15-22,39H2,1H3. The van der Waals surface area contributed by atoms with Crippen LogP contribution in [0.25, 0.3) is 10.8 Å². The number of nitrogens with zero attached hydrogens (tertiary/aromatic N) is 3. The van der Waals surface area contributed by atoms with Crippen LogP contribution in [-0.2, 0) is 15.7 Å². The predicted octanol–water partition coefficient (Wildman–Crippen LogP) is 7.78. The average Bonchev–Trinajstić information content (AvgIpc) is 3.05. The smallest absolute Gasteiger partial charge is 0.416 e. The molecule has 2 aliphatic heterocycles. The van der Waals surface area contributed by atoms with E-state index in [0.717, 1.165) is 70.3 Å². The molecular weight excluding hydrogens is 630 g/mol. The van der Waals surface area contributed by atoms with Gasteiger partial charge >= 0.3 is 12.1 Å². The summed E-state index contributed by atoms with van der Waals surface area (Å²) in [4.78, 5) is 22.2. The maximum atomic E-state index is 13.5. The van der Waals surface area contributed by atoms with Crippen LogP contribution in [0.2, 0.25) is 0 Å². The van der Waals surface area contributed by atoms with Gasteiger partial charge in [-0.25, -0.2) is 0 Å². The van der Waals surface area contributed by atoms with E-state index >= 15 is 0 Å². The van der Waals surface area contributed by atoms with Gasteiger partial charge in [0.1, 0.15) is 11.9 Å². The molecule has 4 aromatic rings. The topological polar surface area (TPSA) is 62.0 Å². The minimum absolute atomic E-state index is 0.252. The van der Waals surface area contributed by atoms with Crippen LogP contribution in [0.4, 0.5) is 30.2 Å². The number of alkyl halides is 3. The number of anilines is 3. The Balaban J connectivity index is 0.946. The van der Waals surface area contributed by atoms with E-state index in [0.29, 0.717) is 31.1 Å². The number of hydrogen-bond acceptors (Lipinski definition) is 8. The number of rotatable bonds is 10. The van der Waals surface area contributed by atoms with Crippen molar-refractivity contribution in [2.75, 3.05) is 63.1 Å². The largest absolute Gasteiger partial charge is 0.463 e. The summed E-state index contributed by atoms with van der Waals surface area (Å²) in [5, 5.41) is 1.67. The quantitative estimate of drug-likeness (QED) is 0.105. The maximum absolute atomic E-state index is 13.5. The van der Waals surface area contributed by atoms with Gasteiger partial charge < -0.3 is 20.3 Å². The first kappa shape index (κ1) is 32.6. The Hall–Kier alpha value is -3.38. The lowest BCUT2D eigenvalue weighted by Crippen LogP contribution is -2.47. The first-order valence-corrected chi connectivity index (χ1v) is 17.2. The summed E-state index contributed by atoms with van der Waals surface area (Å²) >= 11 is 2.93. The van der Waals surface area contributed by atoms with Gasteiger partial charge in [-0.1, -0.05) is 54.2 Å². The van der Waals surface area contributed by atoms with E-state index in [1.54, 1.807) is 6.07 Å². The van der Waals surface area contributed by atoms with Crippen molar-refractivity contribution >= 4 is 57.3 Å². The van der Waals surface area contributed by atoms with Crippen molar-refractivity contribution in [3.8, 4) is 0 Å². The van der Waals surface area contributed by atoms with Gasteiger partial charge in [0.15, 0.2) is 0 Å². The van der Waals surface area contributed by atoms with Crippen molar-refractivity contribution in [1.82, 2.24) is 9.80 Å². The monoisotopic (exact) mass is 666 g/mol. The van der Waals surface area contributed by atoms with Gasteiger partial charge in [0.05, 0.1) is 22.6 Å². The lowest BCUT2D eigenvalue weighted by Gasteiger charge is -2.36. The highest BCUT2D eigenvalue weighted by Crippen LogP contribution is 2.49. The number of carbonyl (C=O) groups is 1. The van der Waals surface area contributed by atoms with E-state index in [1.165, 1.54) is 35.7 Å². The minimum atomic E-state index is -4.38. The Morgan fingerprint density at radius 3 is 2.37 bits per heavy atom. The Morgan fingerprint density at radius 1 is 0.891 bits per heavy atom. The summed E-state index contributed by atoms with van der Waals surface area (Å²) in [6, 6.07) is 23.8. The maximum Gasteiger partial charge on any atom is 0.416 e. The van der Waals surface area contributed by atoms with Crippen LogP contribution in [0.3, 0.4) is 0 Å². The number of esters is 1. The number of para-hydroxylation sites is 1. The normalized spacial score (nSPS) is 16.2. The van der Waals surface area contributed by atoms with Crippen LogP contribution in [0.1, 0.15) is 18.9 Å². The summed E-state index contributed by atoms with van der Waals surface area (Å²) in [6.07, 6.45) is -3.56. The Kier molecular flexibility index (Phi) is 10.0. The van der Waals surface area contributed by atoms with Crippen molar-refractivity contribution in [2.45, 2.75) is 39.5 Å². The van der Waals surface area contributed by atoms with Gasteiger partial charge in [-0.2, -0.15) is 13.2 Å². The van der Waals surface area contributed by atoms with E-state index < -0.39 is 11.7 Å². The molecule has 2 N–H and O–H groups in total. The molecule has 1 fully saturated rings. The molecule has 242 valence electrons. The lowest BCUT2D eigenvalue weighted by molar-refractivity contribution is -0.143. The van der Waals surface area contributed by atoms with Gasteiger partial charge in [0.25, 0.3) is 0 Å². The molecule has 1 unspecified atom stereocenters. The second-order valence-electron chi connectivity index (χ2n) is 11.6. The number of nitrogen functional groups attached to an aromatic ring is 1. The number of hydrogen-bond donors (Lipinski definition) is 1. The molecule has 2 heterocycles. The molecule has 0 spiro atoms. The van der Waals surface area contributed by atoms with Gasteiger partial charge in [0.2, 0.25) is 0 Å². The molecule has 0 aromatic heterocycles. The fourth-order valence-corrected chi connectivity index (χ4v) is 7.95. The van der Waals surface area contributed by atoms with Gasteiger partial charge in [-0.3, -0.25) is 9.69 Å². The Labute approximate surface area is 276 Å². The number of carbonyl (C=O) groups excluding carboxylic acids is 1. The molecule has 0 bridgehead atoms. The summed E-state index contributed by atoms with van der Waals surface area (Å²) < 4.78 is 46.2. The van der Waals surface area contributed by atoms with Crippen molar-refractivity contribution in [3.05, 3.63) is 84.4 Å². The molecule has 6 nitrogen and oxygen atoms in total. The van der Waals surface area contributed by atoms with Crippen molar-refractivity contribution in [1.29, 1.82) is 0 Å². The van der Waals surface area contributed by atoms with Crippen LogP contribution in [0, 0.1) is 0 Å². The average molecular weight is 667 g/mol. The first-order chi connectivity index (χ1) is 22.2. The summed E-state index contributed by atoms with van der Waals surface area (Å²) in [5.41, 5.74) is 8.00. The SMILES string of the molecule is CC(Sc1ccc2ccccc2c1N)C(=O)OCCN1CCN(CCCN2c3ccccc3Sc3ccc(C(F)(F)F)cc32)CC1. The summed E-state index contributed by atoms with van der Waals surface area (Å²) in [6.45, 7) is 7.87. The highest BCUT2D eigenvalue weighted by Gasteiger charge is 2.33. The molecule has 1 saturated heterocycles. The molecular formula is C35H37F3N4O2S2. The number of halogens is 3. The van der Waals surface area contributed by atoms with E-state index in [1.807, 2.05) is 72.5 Å². The number of thioether (sulfide) groups is 1. The van der Waals surface area contributed by atoms with Crippen LogP contribution >= 0.6 is 23.5 Å². The fourth-order valence-electron chi connectivity index (χ4n) is 5.95. The van der Waals surface area contributed by atoms with Crippen LogP contribution in [-0.4, -0.2) is 73.4 Å². The second kappa shape index (κ2) is 14.2. The highest BCUT2D eigenvalue weighted by atomic mass is 32.2. The third-order valence-corrected chi connectivity index (χ3v) is 10.8. The van der Waals surface area contributed by atoms with Crippen LogP contribution < -0.4 is 10.6 Å². The van der Waals surface area contributed by atoms with Crippen molar-refractivity contribution < 1.29 is 22.7 Å². The number of ether oxygens (including phenoxy) is 1. The zero-order valence-electron chi connectivity index (χ0n) is 25.6. The zero-order valence-corrected chi connectivity index (χ0v) is 27.3. The second-order valence-corrected chi connectivity index (χ2v) is 14.0. The number of piperazine rings is 1. The first-order valence-electron chi connectivity index (χ1n) is 15.5. The van der Waals surface area contributed by atoms with Crippen LogP contribution in [0.15, 0.2) is 93.5 Å². The van der Waals surface area contributed by atoms with Crippen molar-refractivity contribution in [3.63, 3.8) is 0 Å². The summed E-state index contributed by atoms with van der Waals surface area (Å²) in [7, 11) is 0. The van der Waals surface area contributed by atoms with E-state index in [2.05, 4.69) is 9.80 Å². The number of fused-ring (bicyclic) bond motifs is 3. The van der Waals surface area contributed by atoms with Crippen molar-refractivity contribution in [2.24, 2.45) is 0 Å². The lowest BCUT2D eigenvalue weighted by atomic mass is 10.1. The molecule has 0 amide bonds. The van der Waals surface area contributed by atoms with Gasteiger partial charge in [-0.05, 0) is 61.7 Å².